The molecular weight excluding hydrogens is 747 g/mol. The van der Waals surface area contributed by atoms with Crippen molar-refractivity contribution in [2.24, 2.45) is 0 Å². The third-order valence-electron chi connectivity index (χ3n) is 14.7. The lowest BCUT2D eigenvalue weighted by atomic mass is 9.55. The van der Waals surface area contributed by atoms with Crippen LogP contribution in [0.1, 0.15) is 102 Å². The standard InChI is InChI=1S/C61H45N/c1-59(2)48-25-13-12-23-45(48)46-33-31-42(36-55(46)59)41-32-34-49-47(35-41)58-44(43-37-56(39-19-8-5-6-9-20-39)62-57(38-43)40-21-10-7-11-22-40)24-18-30-54(58)61(49)52-28-16-14-26-50(52)60(3,4)51-27-15-17-29-53(51)61/h5,7-12,14-17,19-24,26-29,31-38,44,58H,6H2,1-4H3. The molecule has 5 aliphatic carbocycles. The molecule has 0 amide bonds. The third kappa shape index (κ3) is 5.09. The van der Waals surface area contributed by atoms with Crippen LogP contribution in [0.3, 0.4) is 0 Å². The van der Waals surface area contributed by atoms with E-state index in [4.69, 9.17) is 4.98 Å². The van der Waals surface area contributed by atoms with Crippen LogP contribution in [0.25, 0.3) is 39.1 Å². The molecule has 7 aromatic rings. The number of benzene rings is 5. The number of nitrogens with zero attached hydrogens (tertiary/aromatic N) is 1. The smallest absolute Gasteiger partial charge is 0.0757 e. The Morgan fingerprint density at radius 3 is 2.10 bits per heavy atom. The summed E-state index contributed by atoms with van der Waals surface area (Å²) in [6.45, 7) is 9.43. The highest BCUT2D eigenvalue weighted by molar-refractivity contribution is 5.85. The second-order valence-electron chi connectivity index (χ2n) is 18.6. The Morgan fingerprint density at radius 2 is 1.31 bits per heavy atom. The van der Waals surface area contributed by atoms with Gasteiger partial charge in [0, 0.05) is 39.4 Å². The van der Waals surface area contributed by atoms with Crippen molar-refractivity contribution >= 4 is 5.57 Å². The van der Waals surface area contributed by atoms with Crippen LogP contribution in [0.4, 0.5) is 0 Å². The van der Waals surface area contributed by atoms with E-state index in [0.717, 1.165) is 28.9 Å². The molecule has 0 radical (unpaired) electrons. The summed E-state index contributed by atoms with van der Waals surface area (Å²) in [5, 5.41) is 0. The number of hydrogen-bond donors (Lipinski definition) is 0. The van der Waals surface area contributed by atoms with Crippen LogP contribution in [0.2, 0.25) is 0 Å². The van der Waals surface area contributed by atoms with Crippen molar-refractivity contribution in [3.63, 3.8) is 0 Å². The summed E-state index contributed by atoms with van der Waals surface area (Å²) in [6, 6.07) is 59.0. The summed E-state index contributed by atoms with van der Waals surface area (Å²) < 4.78 is 0. The van der Waals surface area contributed by atoms with Gasteiger partial charge in [-0.15, -0.1) is 0 Å². The van der Waals surface area contributed by atoms with Gasteiger partial charge >= 0.3 is 0 Å². The van der Waals surface area contributed by atoms with Gasteiger partial charge < -0.3 is 0 Å². The van der Waals surface area contributed by atoms with Gasteiger partial charge in [-0.2, -0.15) is 0 Å². The van der Waals surface area contributed by atoms with Gasteiger partial charge in [0.25, 0.3) is 0 Å². The van der Waals surface area contributed by atoms with Crippen molar-refractivity contribution in [3.8, 4) is 33.5 Å². The molecule has 6 aromatic carbocycles. The maximum atomic E-state index is 5.35. The lowest BCUT2D eigenvalue weighted by molar-refractivity contribution is 0.548. The maximum Gasteiger partial charge on any atom is 0.0757 e. The average Bonchev–Trinajstić information content (AvgIpc) is 3.53. The lowest BCUT2D eigenvalue weighted by Crippen LogP contribution is -2.41. The normalized spacial score (nSPS) is 19.5. The Balaban J connectivity index is 1.11. The summed E-state index contributed by atoms with van der Waals surface area (Å²) >= 11 is 0. The van der Waals surface area contributed by atoms with Gasteiger partial charge in [0.2, 0.25) is 0 Å². The van der Waals surface area contributed by atoms with E-state index in [-0.39, 0.29) is 22.7 Å². The van der Waals surface area contributed by atoms with Gasteiger partial charge in [-0.05, 0) is 115 Å². The minimum absolute atomic E-state index is 0.00814. The summed E-state index contributed by atoms with van der Waals surface area (Å²) in [7, 11) is 0. The second kappa shape index (κ2) is 13.4. The SMILES string of the molecule is CC1(C)c2c#cccc2-c2ccc(-c3ccc4c(c3)C3C(=C=C=CC3c3cc(C5=CC=CCC=C5)nc(-c5ccccc5)c3)C43c4ccccc4C(C)(C)c4ccccc43)cc21. The molecule has 1 spiro atoms. The Kier molecular flexibility index (Phi) is 7.92. The molecule has 1 aromatic heterocycles. The molecule has 0 saturated carbocycles. The molecule has 0 bridgehead atoms. The molecule has 294 valence electrons. The predicted molar refractivity (Wildman–Crippen MR) is 253 cm³/mol. The van der Waals surface area contributed by atoms with Crippen LogP contribution in [0.5, 0.6) is 0 Å². The van der Waals surface area contributed by atoms with E-state index in [1.807, 2.05) is 6.07 Å². The second-order valence-corrected chi connectivity index (χ2v) is 18.6. The predicted octanol–water partition coefficient (Wildman–Crippen LogP) is 14.3. The zero-order chi connectivity index (χ0) is 41.8. The Labute approximate surface area is 365 Å². The quantitative estimate of drug-likeness (QED) is 0.162. The van der Waals surface area contributed by atoms with Crippen molar-refractivity contribution in [3.05, 3.63) is 261 Å². The fraction of sp³-hybridized carbons (Fsp3) is 0.164. The zero-order valence-corrected chi connectivity index (χ0v) is 35.6. The summed E-state index contributed by atoms with van der Waals surface area (Å²) in [5.41, 5.74) is 29.0. The van der Waals surface area contributed by atoms with Crippen molar-refractivity contribution < 1.29 is 0 Å². The number of hydrogen-bond acceptors (Lipinski definition) is 1. The first-order chi connectivity index (χ1) is 30.3. The summed E-state index contributed by atoms with van der Waals surface area (Å²) in [6.07, 6.45) is 14.2. The lowest BCUT2D eigenvalue weighted by Gasteiger charge is -2.47. The molecule has 0 fully saturated rings. The van der Waals surface area contributed by atoms with Crippen molar-refractivity contribution in [2.45, 2.75) is 62.2 Å². The zero-order valence-electron chi connectivity index (χ0n) is 35.6. The van der Waals surface area contributed by atoms with Crippen molar-refractivity contribution in [2.75, 3.05) is 0 Å². The average molecular weight is 792 g/mol. The van der Waals surface area contributed by atoms with E-state index in [2.05, 4.69) is 221 Å². The molecule has 2 unspecified atom stereocenters. The highest BCUT2D eigenvalue weighted by atomic mass is 14.7. The molecule has 0 N–H and O–H groups in total. The Bertz CT molecular complexity index is 3190. The number of pyridine rings is 1. The van der Waals surface area contributed by atoms with E-state index < -0.39 is 5.41 Å². The van der Waals surface area contributed by atoms with E-state index >= 15 is 0 Å². The minimum atomic E-state index is -0.551. The van der Waals surface area contributed by atoms with Crippen LogP contribution >= 0.6 is 0 Å². The van der Waals surface area contributed by atoms with E-state index in [1.54, 1.807) is 0 Å². The Morgan fingerprint density at radius 1 is 0.597 bits per heavy atom. The highest BCUT2D eigenvalue weighted by Gasteiger charge is 2.58. The topological polar surface area (TPSA) is 12.9 Å². The molecule has 0 aliphatic heterocycles. The monoisotopic (exact) mass is 791 g/mol. The first kappa shape index (κ1) is 36.6. The van der Waals surface area contributed by atoms with Gasteiger partial charge in [0.15, 0.2) is 0 Å². The van der Waals surface area contributed by atoms with Crippen LogP contribution in [0.15, 0.2) is 193 Å². The summed E-state index contributed by atoms with van der Waals surface area (Å²) in [4.78, 5) is 5.35. The molecule has 1 heterocycles. The molecule has 5 aliphatic rings. The van der Waals surface area contributed by atoms with Gasteiger partial charge in [-0.1, -0.05) is 191 Å². The molecule has 2 atom stereocenters. The van der Waals surface area contributed by atoms with Gasteiger partial charge in [-0.25, -0.2) is 4.98 Å². The number of aromatic nitrogens is 1. The van der Waals surface area contributed by atoms with E-state index in [0.29, 0.717) is 0 Å². The van der Waals surface area contributed by atoms with Crippen LogP contribution in [-0.4, -0.2) is 4.98 Å². The number of allylic oxidation sites excluding steroid dienone is 8. The molecule has 0 saturated heterocycles. The first-order valence-electron chi connectivity index (χ1n) is 22.0. The molecule has 62 heavy (non-hydrogen) atoms. The summed E-state index contributed by atoms with van der Waals surface area (Å²) in [5.74, 6) is -0.0320. The fourth-order valence-corrected chi connectivity index (χ4v) is 11.7. The minimum Gasteiger partial charge on any atom is -0.248 e. The van der Waals surface area contributed by atoms with E-state index in [1.165, 1.54) is 77.9 Å². The molecular formula is C61H45N. The fourth-order valence-electron chi connectivity index (χ4n) is 11.7. The highest BCUT2D eigenvalue weighted by Crippen LogP contribution is 2.66. The van der Waals surface area contributed by atoms with Crippen LogP contribution < -0.4 is 0 Å². The van der Waals surface area contributed by atoms with Gasteiger partial charge in [0.05, 0.1) is 16.8 Å². The maximum absolute atomic E-state index is 5.35. The molecule has 1 heteroatoms. The molecule has 12 rings (SSSR count). The number of fused-ring (bicyclic) bond motifs is 12. The van der Waals surface area contributed by atoms with Gasteiger partial charge in [0.1, 0.15) is 0 Å². The number of rotatable bonds is 4. The van der Waals surface area contributed by atoms with Crippen LogP contribution in [0, 0.1) is 12.1 Å². The van der Waals surface area contributed by atoms with Crippen molar-refractivity contribution in [1.29, 1.82) is 0 Å². The largest absolute Gasteiger partial charge is 0.248 e. The third-order valence-corrected chi connectivity index (χ3v) is 14.7. The van der Waals surface area contributed by atoms with Crippen molar-refractivity contribution in [1.82, 2.24) is 4.98 Å². The molecule has 1 nitrogen and oxygen atoms in total. The first-order valence-corrected chi connectivity index (χ1v) is 22.0. The van der Waals surface area contributed by atoms with Crippen LogP contribution in [-0.2, 0) is 16.2 Å². The van der Waals surface area contributed by atoms with Gasteiger partial charge in [-0.3, -0.25) is 0 Å². The van der Waals surface area contributed by atoms with E-state index in [9.17, 15) is 0 Å². The Hall–Kier alpha value is -7.19.